The largest absolute Gasteiger partial charge is 0.455 e. The number of benzene rings is 2. The molecule has 2 N–H and O–H groups in total. The Morgan fingerprint density at radius 1 is 1.04 bits per heavy atom. The smallest absolute Gasteiger partial charge is 0.279 e. The Hall–Kier alpha value is -2.33. The molecule has 1 aliphatic heterocycles. The predicted octanol–water partition coefficient (Wildman–Crippen LogP) is 2.98. The van der Waals surface area contributed by atoms with E-state index in [-0.39, 0.29) is 5.91 Å². The van der Waals surface area contributed by atoms with E-state index in [1.54, 1.807) is 0 Å². The van der Waals surface area contributed by atoms with Crippen LogP contribution in [0.5, 0.6) is 11.5 Å². The van der Waals surface area contributed by atoms with Crippen LogP contribution in [0.2, 0.25) is 0 Å². The Labute approximate surface area is 149 Å². The van der Waals surface area contributed by atoms with E-state index in [0.29, 0.717) is 29.8 Å². The third kappa shape index (κ3) is 5.07. The fourth-order valence-corrected chi connectivity index (χ4v) is 3.76. The second-order valence-electron chi connectivity index (χ2n) is 7.24. The van der Waals surface area contributed by atoms with Gasteiger partial charge in [-0.15, -0.1) is 0 Å². The molecule has 2 aromatic carbocycles. The van der Waals surface area contributed by atoms with E-state index < -0.39 is 0 Å². The molecule has 2 aromatic rings. The minimum Gasteiger partial charge on any atom is -0.455 e. The summed E-state index contributed by atoms with van der Waals surface area (Å²) < 4.78 is 5.91. The first-order chi connectivity index (χ1) is 12.1. The Morgan fingerprint density at radius 3 is 2.40 bits per heavy atom. The van der Waals surface area contributed by atoms with Gasteiger partial charge in [-0.25, -0.2) is 0 Å². The van der Waals surface area contributed by atoms with Gasteiger partial charge in [0, 0.05) is 11.8 Å². The van der Waals surface area contributed by atoms with E-state index in [4.69, 9.17) is 4.74 Å². The number of carbonyl (C=O) groups is 1. The Bertz CT molecular complexity index is 692. The summed E-state index contributed by atoms with van der Waals surface area (Å²) in [6.07, 6.45) is 1.26. The summed E-state index contributed by atoms with van der Waals surface area (Å²) in [5, 5.41) is 3.02. The number of quaternary nitrogens is 1. The monoisotopic (exact) mass is 339 g/mol. The summed E-state index contributed by atoms with van der Waals surface area (Å²) in [5.41, 5.74) is 0.717. The number of hydrogen-bond donors (Lipinski definition) is 2. The van der Waals surface area contributed by atoms with Crippen molar-refractivity contribution in [2.45, 2.75) is 20.3 Å². The van der Waals surface area contributed by atoms with Crippen molar-refractivity contribution < 1.29 is 14.4 Å². The molecule has 4 nitrogen and oxygen atoms in total. The van der Waals surface area contributed by atoms with Crippen LogP contribution < -0.4 is 15.0 Å². The van der Waals surface area contributed by atoms with E-state index in [1.807, 2.05) is 54.6 Å². The highest BCUT2D eigenvalue weighted by atomic mass is 16.5. The van der Waals surface area contributed by atoms with Crippen LogP contribution in [-0.2, 0) is 4.79 Å². The van der Waals surface area contributed by atoms with Crippen molar-refractivity contribution >= 4 is 11.6 Å². The summed E-state index contributed by atoms with van der Waals surface area (Å²) in [6, 6.07) is 17.2. The Kier molecular flexibility index (Phi) is 5.71. The third-order valence-electron chi connectivity index (χ3n) is 4.62. The minimum atomic E-state index is 0.0420. The molecular weight excluding hydrogens is 312 g/mol. The molecule has 1 unspecified atom stereocenters. The van der Waals surface area contributed by atoms with Gasteiger partial charge >= 0.3 is 0 Å². The average Bonchev–Trinajstić information content (AvgIpc) is 2.56. The molecule has 3 rings (SSSR count). The summed E-state index contributed by atoms with van der Waals surface area (Å²) in [6.45, 7) is 7.20. The van der Waals surface area contributed by atoms with Crippen LogP contribution in [0.3, 0.4) is 0 Å². The van der Waals surface area contributed by atoms with Crippen molar-refractivity contribution in [2.24, 2.45) is 11.8 Å². The molecule has 0 radical (unpaired) electrons. The van der Waals surface area contributed by atoms with Crippen molar-refractivity contribution in [3.63, 3.8) is 0 Å². The quantitative estimate of drug-likeness (QED) is 0.879. The van der Waals surface area contributed by atoms with Crippen LogP contribution in [0.1, 0.15) is 20.3 Å². The maximum absolute atomic E-state index is 12.5. The standard InChI is InChI=1S/C21H26N2O2/c1-16-12-17(2)14-23(13-16)15-21(24)22-19-10-6-7-11-20(19)25-18-8-4-3-5-9-18/h3-11,16-17H,12-15H2,1-2H3,(H,22,24)/p+1/t16-,17+. The van der Waals surface area contributed by atoms with Crippen LogP contribution in [0, 0.1) is 11.8 Å². The molecule has 1 heterocycles. The van der Waals surface area contributed by atoms with Gasteiger partial charge in [0.25, 0.3) is 5.91 Å². The number of nitrogens with one attached hydrogen (secondary N) is 2. The van der Waals surface area contributed by atoms with Crippen molar-refractivity contribution in [3.8, 4) is 11.5 Å². The minimum absolute atomic E-state index is 0.0420. The second kappa shape index (κ2) is 8.17. The lowest BCUT2D eigenvalue weighted by Gasteiger charge is -2.31. The number of likely N-dealkylation sites (tertiary alicyclic amines) is 1. The zero-order valence-electron chi connectivity index (χ0n) is 15.0. The molecule has 0 saturated carbocycles. The zero-order valence-corrected chi connectivity index (χ0v) is 15.0. The fourth-order valence-electron chi connectivity index (χ4n) is 3.76. The SMILES string of the molecule is C[C@@H]1C[C@H](C)C[NH+](CC(=O)Nc2ccccc2Oc2ccccc2)C1. The Morgan fingerprint density at radius 2 is 1.68 bits per heavy atom. The van der Waals surface area contributed by atoms with Crippen LogP contribution in [0.25, 0.3) is 0 Å². The molecule has 1 saturated heterocycles. The molecule has 1 aliphatic rings. The molecule has 1 amide bonds. The maximum atomic E-state index is 12.5. The van der Waals surface area contributed by atoms with Crippen LogP contribution in [0.15, 0.2) is 54.6 Å². The normalized spacial score (nSPS) is 23.0. The first-order valence-electron chi connectivity index (χ1n) is 9.05. The number of rotatable bonds is 5. The third-order valence-corrected chi connectivity index (χ3v) is 4.62. The lowest BCUT2D eigenvalue weighted by molar-refractivity contribution is -0.904. The highest BCUT2D eigenvalue weighted by molar-refractivity contribution is 5.93. The highest BCUT2D eigenvalue weighted by Gasteiger charge is 2.26. The van der Waals surface area contributed by atoms with Crippen molar-refractivity contribution in [1.82, 2.24) is 0 Å². The maximum Gasteiger partial charge on any atom is 0.279 e. The second-order valence-corrected chi connectivity index (χ2v) is 7.24. The van der Waals surface area contributed by atoms with Gasteiger partial charge < -0.3 is 15.0 Å². The summed E-state index contributed by atoms with van der Waals surface area (Å²) >= 11 is 0. The number of ether oxygens (including phenoxy) is 1. The highest BCUT2D eigenvalue weighted by Crippen LogP contribution is 2.28. The first kappa shape index (κ1) is 17.5. The average molecular weight is 339 g/mol. The molecule has 1 fully saturated rings. The molecule has 25 heavy (non-hydrogen) atoms. The number of piperidine rings is 1. The summed E-state index contributed by atoms with van der Waals surface area (Å²) in [7, 11) is 0. The number of para-hydroxylation sites is 3. The van der Waals surface area contributed by atoms with Crippen LogP contribution in [-0.4, -0.2) is 25.5 Å². The van der Waals surface area contributed by atoms with Gasteiger partial charge in [-0.1, -0.05) is 44.2 Å². The number of anilines is 1. The molecule has 4 heteroatoms. The molecule has 0 bridgehead atoms. The lowest BCUT2D eigenvalue weighted by Crippen LogP contribution is -3.15. The van der Waals surface area contributed by atoms with Crippen molar-refractivity contribution in [3.05, 3.63) is 54.6 Å². The molecule has 0 spiro atoms. The molecule has 0 aromatic heterocycles. The first-order valence-corrected chi connectivity index (χ1v) is 9.05. The van der Waals surface area contributed by atoms with Crippen molar-refractivity contribution in [2.75, 3.05) is 25.0 Å². The van der Waals surface area contributed by atoms with E-state index in [9.17, 15) is 4.79 Å². The van der Waals surface area contributed by atoms with Gasteiger partial charge in [0.2, 0.25) is 0 Å². The molecular formula is C21H27N2O2+. The number of carbonyl (C=O) groups excluding carboxylic acids is 1. The Balaban J connectivity index is 1.63. The van der Waals surface area contributed by atoms with Crippen molar-refractivity contribution in [1.29, 1.82) is 0 Å². The van der Waals surface area contributed by atoms with Crippen LogP contribution in [0.4, 0.5) is 5.69 Å². The molecule has 0 aliphatic carbocycles. The summed E-state index contributed by atoms with van der Waals surface area (Å²) in [4.78, 5) is 13.9. The predicted molar refractivity (Wildman–Crippen MR) is 100 cm³/mol. The van der Waals surface area contributed by atoms with Gasteiger partial charge in [-0.3, -0.25) is 4.79 Å². The van der Waals surface area contributed by atoms with E-state index in [1.165, 1.54) is 11.3 Å². The van der Waals surface area contributed by atoms with Crippen LogP contribution >= 0.6 is 0 Å². The molecule has 132 valence electrons. The van der Waals surface area contributed by atoms with E-state index >= 15 is 0 Å². The lowest BCUT2D eigenvalue weighted by atomic mass is 9.92. The molecule has 3 atom stereocenters. The van der Waals surface area contributed by atoms with E-state index in [2.05, 4.69) is 19.2 Å². The zero-order chi connectivity index (χ0) is 17.6. The van der Waals surface area contributed by atoms with Gasteiger partial charge in [0.15, 0.2) is 12.3 Å². The number of hydrogen-bond acceptors (Lipinski definition) is 2. The van der Waals surface area contributed by atoms with E-state index in [0.717, 1.165) is 18.8 Å². The van der Waals surface area contributed by atoms with Gasteiger partial charge in [-0.05, 0) is 30.7 Å². The van der Waals surface area contributed by atoms with Gasteiger partial charge in [-0.2, -0.15) is 0 Å². The topological polar surface area (TPSA) is 42.8 Å². The fraction of sp³-hybridized carbons (Fsp3) is 0.381. The summed E-state index contributed by atoms with van der Waals surface area (Å²) in [5.74, 6) is 2.83. The van der Waals surface area contributed by atoms with Gasteiger partial charge in [0.05, 0.1) is 18.8 Å². The van der Waals surface area contributed by atoms with Gasteiger partial charge in [0.1, 0.15) is 5.75 Å². The number of amides is 1.